The summed E-state index contributed by atoms with van der Waals surface area (Å²) in [4.78, 5) is 0. The van der Waals surface area contributed by atoms with Crippen molar-refractivity contribution >= 4 is 0 Å². The number of aryl methyl sites for hydroxylation is 2. The first-order valence-corrected chi connectivity index (χ1v) is 5.26. The molecule has 1 nitrogen and oxygen atoms in total. The Morgan fingerprint density at radius 2 is 1.67 bits per heavy atom. The number of hydrogen-bond acceptors (Lipinski definition) is 0. The van der Waals surface area contributed by atoms with Crippen molar-refractivity contribution in [2.24, 2.45) is 0 Å². The standard InChI is InChI=1S/C14H16N/c1-12-6-8-14(9-7-12)11-15-10-4-3-5-13(15)2/h3-10H,11H2,1-2H3/q+1. The topological polar surface area (TPSA) is 3.88 Å². The highest BCUT2D eigenvalue weighted by atomic mass is 14.9. The van der Waals surface area contributed by atoms with E-state index in [2.05, 4.69) is 67.1 Å². The monoisotopic (exact) mass is 198 g/mol. The maximum absolute atomic E-state index is 2.25. The van der Waals surface area contributed by atoms with Crippen LogP contribution in [0, 0.1) is 13.8 Å². The second-order valence-corrected chi connectivity index (χ2v) is 3.96. The van der Waals surface area contributed by atoms with Crippen LogP contribution >= 0.6 is 0 Å². The highest BCUT2D eigenvalue weighted by Crippen LogP contribution is 2.02. The molecule has 1 heteroatoms. The van der Waals surface area contributed by atoms with E-state index in [4.69, 9.17) is 0 Å². The SMILES string of the molecule is Cc1ccc(C[n+]2ccccc2C)cc1. The third-order valence-electron chi connectivity index (χ3n) is 2.64. The van der Waals surface area contributed by atoms with E-state index in [1.165, 1.54) is 16.8 Å². The summed E-state index contributed by atoms with van der Waals surface area (Å²) >= 11 is 0. The lowest BCUT2D eigenvalue weighted by Crippen LogP contribution is -2.36. The fraction of sp³-hybridized carbons (Fsp3) is 0.214. The first-order chi connectivity index (χ1) is 7.25. The van der Waals surface area contributed by atoms with Gasteiger partial charge in [-0.1, -0.05) is 35.9 Å². The van der Waals surface area contributed by atoms with Crippen LogP contribution in [0.3, 0.4) is 0 Å². The third kappa shape index (κ3) is 2.44. The Labute approximate surface area is 91.0 Å². The summed E-state index contributed by atoms with van der Waals surface area (Å²) in [7, 11) is 0. The van der Waals surface area contributed by atoms with Crippen molar-refractivity contribution in [2.45, 2.75) is 20.4 Å². The molecule has 15 heavy (non-hydrogen) atoms. The fourth-order valence-corrected chi connectivity index (χ4v) is 1.63. The van der Waals surface area contributed by atoms with Crippen molar-refractivity contribution in [1.29, 1.82) is 0 Å². The summed E-state index contributed by atoms with van der Waals surface area (Å²) in [6.45, 7) is 5.20. The van der Waals surface area contributed by atoms with E-state index in [1.807, 2.05) is 0 Å². The van der Waals surface area contributed by atoms with Crippen LogP contribution in [0.15, 0.2) is 48.7 Å². The van der Waals surface area contributed by atoms with Gasteiger partial charge in [0.1, 0.15) is 0 Å². The molecular formula is C14H16N+. The van der Waals surface area contributed by atoms with Gasteiger partial charge in [0.25, 0.3) is 0 Å². The lowest BCUT2D eigenvalue weighted by molar-refractivity contribution is -0.694. The molecule has 0 saturated carbocycles. The van der Waals surface area contributed by atoms with Gasteiger partial charge in [-0.15, -0.1) is 0 Å². The largest absolute Gasteiger partial charge is 0.198 e. The van der Waals surface area contributed by atoms with Gasteiger partial charge in [-0.2, -0.15) is 4.57 Å². The average molecular weight is 198 g/mol. The molecule has 1 aromatic heterocycles. The van der Waals surface area contributed by atoms with Crippen molar-refractivity contribution in [3.05, 3.63) is 65.5 Å². The predicted molar refractivity (Wildman–Crippen MR) is 61.7 cm³/mol. The molecule has 0 saturated heterocycles. The summed E-state index contributed by atoms with van der Waals surface area (Å²) in [6, 6.07) is 15.0. The van der Waals surface area contributed by atoms with Crippen LogP contribution in [0.2, 0.25) is 0 Å². The van der Waals surface area contributed by atoms with Crippen LogP contribution in [0.4, 0.5) is 0 Å². The summed E-state index contributed by atoms with van der Waals surface area (Å²) < 4.78 is 2.25. The Bertz CT molecular complexity index is 443. The first-order valence-electron chi connectivity index (χ1n) is 5.26. The maximum Gasteiger partial charge on any atom is 0.178 e. The molecule has 0 N–H and O–H groups in total. The van der Waals surface area contributed by atoms with Gasteiger partial charge < -0.3 is 0 Å². The molecule has 76 valence electrons. The molecule has 2 aromatic rings. The van der Waals surface area contributed by atoms with E-state index < -0.39 is 0 Å². The van der Waals surface area contributed by atoms with Gasteiger partial charge in [0.15, 0.2) is 18.4 Å². The number of rotatable bonds is 2. The van der Waals surface area contributed by atoms with E-state index in [0.29, 0.717) is 0 Å². The molecule has 0 bridgehead atoms. The van der Waals surface area contributed by atoms with E-state index in [1.54, 1.807) is 0 Å². The second-order valence-electron chi connectivity index (χ2n) is 3.96. The molecule has 1 aromatic carbocycles. The van der Waals surface area contributed by atoms with Gasteiger partial charge in [-0.25, -0.2) is 0 Å². The molecular weight excluding hydrogens is 182 g/mol. The van der Waals surface area contributed by atoms with Crippen LogP contribution in [0.5, 0.6) is 0 Å². The van der Waals surface area contributed by atoms with Gasteiger partial charge in [0, 0.05) is 24.6 Å². The average Bonchev–Trinajstić information content (AvgIpc) is 2.25. The highest BCUT2D eigenvalue weighted by molar-refractivity contribution is 5.20. The third-order valence-corrected chi connectivity index (χ3v) is 2.64. The Morgan fingerprint density at radius 1 is 0.933 bits per heavy atom. The van der Waals surface area contributed by atoms with Gasteiger partial charge in [-0.05, 0) is 6.92 Å². The minimum Gasteiger partial charge on any atom is -0.198 e. The number of benzene rings is 1. The molecule has 0 radical (unpaired) electrons. The number of nitrogens with zero attached hydrogens (tertiary/aromatic N) is 1. The zero-order valence-electron chi connectivity index (χ0n) is 9.27. The molecule has 0 aliphatic carbocycles. The second kappa shape index (κ2) is 4.26. The lowest BCUT2D eigenvalue weighted by atomic mass is 10.1. The van der Waals surface area contributed by atoms with Crippen molar-refractivity contribution in [3.63, 3.8) is 0 Å². The molecule has 0 amide bonds. The van der Waals surface area contributed by atoms with E-state index in [-0.39, 0.29) is 0 Å². The fourth-order valence-electron chi connectivity index (χ4n) is 1.63. The minimum atomic E-state index is 0.951. The van der Waals surface area contributed by atoms with E-state index in [9.17, 15) is 0 Å². The van der Waals surface area contributed by atoms with Gasteiger partial charge in [0.2, 0.25) is 0 Å². The normalized spacial score (nSPS) is 10.3. The maximum atomic E-state index is 2.25. The molecule has 0 unspecified atom stereocenters. The predicted octanol–water partition coefficient (Wildman–Crippen LogP) is 2.64. The minimum absolute atomic E-state index is 0.951. The van der Waals surface area contributed by atoms with Crippen molar-refractivity contribution < 1.29 is 4.57 Å². The highest BCUT2D eigenvalue weighted by Gasteiger charge is 2.04. The zero-order chi connectivity index (χ0) is 10.7. The summed E-state index contributed by atoms with van der Waals surface area (Å²) in [5.74, 6) is 0. The number of hydrogen-bond donors (Lipinski definition) is 0. The van der Waals surface area contributed by atoms with Crippen molar-refractivity contribution in [2.75, 3.05) is 0 Å². The molecule has 0 atom stereocenters. The first kappa shape index (κ1) is 9.91. The Kier molecular flexibility index (Phi) is 2.82. The van der Waals surface area contributed by atoms with Gasteiger partial charge in [0.05, 0.1) is 0 Å². The van der Waals surface area contributed by atoms with Crippen LogP contribution in [-0.4, -0.2) is 0 Å². The summed E-state index contributed by atoms with van der Waals surface area (Å²) in [5.41, 5.74) is 3.95. The molecule has 0 aliphatic heterocycles. The molecule has 0 spiro atoms. The van der Waals surface area contributed by atoms with E-state index in [0.717, 1.165) is 6.54 Å². The zero-order valence-corrected chi connectivity index (χ0v) is 9.27. The van der Waals surface area contributed by atoms with Crippen molar-refractivity contribution in [1.82, 2.24) is 0 Å². The van der Waals surface area contributed by atoms with Crippen LogP contribution in [0.1, 0.15) is 16.8 Å². The van der Waals surface area contributed by atoms with E-state index >= 15 is 0 Å². The Hall–Kier alpha value is -1.63. The summed E-state index contributed by atoms with van der Waals surface area (Å²) in [6.07, 6.45) is 2.12. The van der Waals surface area contributed by atoms with Crippen molar-refractivity contribution in [3.8, 4) is 0 Å². The van der Waals surface area contributed by atoms with Crippen LogP contribution in [0.25, 0.3) is 0 Å². The Morgan fingerprint density at radius 3 is 2.33 bits per heavy atom. The van der Waals surface area contributed by atoms with Crippen LogP contribution < -0.4 is 4.57 Å². The number of pyridine rings is 1. The quantitative estimate of drug-likeness (QED) is 0.653. The molecule has 1 heterocycles. The molecule has 0 fully saturated rings. The van der Waals surface area contributed by atoms with Crippen LogP contribution in [-0.2, 0) is 6.54 Å². The smallest absolute Gasteiger partial charge is 0.178 e. The Balaban J connectivity index is 2.22. The summed E-state index contributed by atoms with van der Waals surface area (Å²) in [5, 5.41) is 0. The lowest BCUT2D eigenvalue weighted by Gasteiger charge is -2.00. The molecule has 0 aliphatic rings. The van der Waals surface area contributed by atoms with Gasteiger partial charge >= 0.3 is 0 Å². The molecule has 2 rings (SSSR count). The van der Waals surface area contributed by atoms with Gasteiger partial charge in [-0.3, -0.25) is 0 Å². The number of aromatic nitrogens is 1.